The molecule has 1 aliphatic rings. The quantitative estimate of drug-likeness (QED) is 0.927. The minimum atomic E-state index is -0.919. The van der Waals surface area contributed by atoms with E-state index < -0.39 is 17.9 Å². The fourth-order valence-corrected chi connectivity index (χ4v) is 3.54. The normalized spacial score (nSPS) is 19.8. The Hall–Kier alpha value is -3.13. The lowest BCUT2D eigenvalue weighted by Crippen LogP contribution is -2.37. The molecule has 0 radical (unpaired) electrons. The fourth-order valence-electron chi connectivity index (χ4n) is 3.54. The van der Waals surface area contributed by atoms with Crippen LogP contribution in [0.25, 0.3) is 11.3 Å². The highest BCUT2D eigenvalue weighted by atomic mass is 16.4. The molecule has 0 saturated heterocycles. The molecule has 0 bridgehead atoms. The molecule has 1 aliphatic heterocycles. The maximum atomic E-state index is 11.8. The summed E-state index contributed by atoms with van der Waals surface area (Å²) in [6.07, 6.45) is 2.37. The van der Waals surface area contributed by atoms with E-state index in [-0.39, 0.29) is 0 Å². The lowest BCUT2D eigenvalue weighted by atomic mass is 9.86. The van der Waals surface area contributed by atoms with Crippen molar-refractivity contribution >= 4 is 5.97 Å². The van der Waals surface area contributed by atoms with Gasteiger partial charge in [-0.2, -0.15) is 5.26 Å². The third kappa shape index (κ3) is 2.87. The molecule has 2 heterocycles. The zero-order valence-electron chi connectivity index (χ0n) is 14.2. The molecule has 2 atom stereocenters. The number of aliphatic carboxylic acids is 1. The largest absolute Gasteiger partial charge is 0.480 e. The van der Waals surface area contributed by atoms with E-state index in [9.17, 15) is 15.2 Å². The van der Waals surface area contributed by atoms with Gasteiger partial charge in [0.05, 0.1) is 23.3 Å². The molecule has 2 aromatic rings. The molecule has 126 valence electrons. The summed E-state index contributed by atoms with van der Waals surface area (Å²) in [5.74, 6) is -1.38. The summed E-state index contributed by atoms with van der Waals surface area (Å²) >= 11 is 0. The van der Waals surface area contributed by atoms with Crippen molar-refractivity contribution in [2.75, 3.05) is 7.05 Å². The number of benzene rings is 1. The molecule has 0 amide bonds. The van der Waals surface area contributed by atoms with Crippen molar-refractivity contribution < 1.29 is 9.90 Å². The first-order valence-electron chi connectivity index (χ1n) is 8.18. The number of nitriles is 1. The summed E-state index contributed by atoms with van der Waals surface area (Å²) < 4.78 is 0. The number of allylic oxidation sites excluding steroid dienone is 1. The predicted octanol–water partition coefficient (Wildman–Crippen LogP) is 3.42. The van der Waals surface area contributed by atoms with Crippen LogP contribution < -0.4 is 0 Å². The lowest BCUT2D eigenvalue weighted by Gasteiger charge is -2.25. The van der Waals surface area contributed by atoms with Crippen LogP contribution in [-0.2, 0) is 4.79 Å². The van der Waals surface area contributed by atoms with Gasteiger partial charge in [0.2, 0.25) is 0 Å². The van der Waals surface area contributed by atoms with Crippen LogP contribution >= 0.6 is 0 Å². The van der Waals surface area contributed by atoms with Gasteiger partial charge in [0.1, 0.15) is 6.04 Å². The Morgan fingerprint density at radius 3 is 2.52 bits per heavy atom. The predicted molar refractivity (Wildman–Crippen MR) is 94.5 cm³/mol. The second-order valence-electron chi connectivity index (χ2n) is 6.03. The van der Waals surface area contributed by atoms with E-state index in [1.165, 1.54) is 0 Å². The Bertz CT molecular complexity index is 851. The number of carboxylic acid groups (broad SMARTS) is 1. The van der Waals surface area contributed by atoms with Crippen molar-refractivity contribution in [1.29, 1.82) is 5.26 Å². The Kier molecular flexibility index (Phi) is 4.53. The van der Waals surface area contributed by atoms with Crippen molar-refractivity contribution in [3.8, 4) is 17.3 Å². The first-order valence-corrected chi connectivity index (χ1v) is 8.18. The van der Waals surface area contributed by atoms with E-state index in [1.807, 2.05) is 49.4 Å². The Morgan fingerprint density at radius 1 is 1.28 bits per heavy atom. The van der Waals surface area contributed by atoms with Crippen LogP contribution in [0.3, 0.4) is 0 Å². The number of rotatable bonds is 4. The molecule has 0 aliphatic carbocycles. The van der Waals surface area contributed by atoms with Gasteiger partial charge in [-0.3, -0.25) is 4.98 Å². The zero-order valence-corrected chi connectivity index (χ0v) is 14.2. The van der Waals surface area contributed by atoms with Gasteiger partial charge in [0, 0.05) is 24.5 Å². The molecule has 25 heavy (non-hydrogen) atoms. The second kappa shape index (κ2) is 6.78. The summed E-state index contributed by atoms with van der Waals surface area (Å²) in [7, 11) is 1.75. The average Bonchev–Trinajstić information content (AvgIpc) is 2.94. The highest BCUT2D eigenvalue weighted by molar-refractivity contribution is 5.78. The maximum Gasteiger partial charge on any atom is 0.327 e. The molecular weight excluding hydrogens is 314 g/mol. The minimum Gasteiger partial charge on any atom is -0.480 e. The van der Waals surface area contributed by atoms with Crippen molar-refractivity contribution in [2.45, 2.75) is 25.3 Å². The molecule has 3 rings (SSSR count). The van der Waals surface area contributed by atoms with Crippen molar-refractivity contribution in [3.63, 3.8) is 0 Å². The van der Waals surface area contributed by atoms with Crippen LogP contribution in [-0.4, -0.2) is 34.0 Å². The van der Waals surface area contributed by atoms with Crippen molar-refractivity contribution in [3.05, 3.63) is 65.5 Å². The highest BCUT2D eigenvalue weighted by Gasteiger charge is 2.43. The summed E-state index contributed by atoms with van der Waals surface area (Å²) in [6, 6.07) is 14.8. The van der Waals surface area contributed by atoms with Gasteiger partial charge < -0.3 is 10.0 Å². The molecular formula is C20H19N3O2. The first kappa shape index (κ1) is 16.7. The van der Waals surface area contributed by atoms with Crippen LogP contribution in [0.1, 0.15) is 24.8 Å². The molecule has 1 aromatic carbocycles. The second-order valence-corrected chi connectivity index (χ2v) is 6.03. The van der Waals surface area contributed by atoms with E-state index in [4.69, 9.17) is 0 Å². The highest BCUT2D eigenvalue weighted by Crippen LogP contribution is 2.41. The summed E-state index contributed by atoms with van der Waals surface area (Å²) in [4.78, 5) is 17.9. The number of likely N-dealkylation sites (N-methyl/N-ethyl adjacent to an activating group) is 1. The van der Waals surface area contributed by atoms with Gasteiger partial charge in [-0.15, -0.1) is 0 Å². The number of carboxylic acids is 1. The smallest absolute Gasteiger partial charge is 0.327 e. The third-order valence-corrected chi connectivity index (χ3v) is 4.72. The lowest BCUT2D eigenvalue weighted by molar-refractivity contribution is -0.142. The Morgan fingerprint density at radius 2 is 2.00 bits per heavy atom. The molecule has 1 aromatic heterocycles. The molecule has 5 heteroatoms. The van der Waals surface area contributed by atoms with Gasteiger partial charge in [0.25, 0.3) is 0 Å². The van der Waals surface area contributed by atoms with Crippen LogP contribution in [0.5, 0.6) is 0 Å². The van der Waals surface area contributed by atoms with Gasteiger partial charge >= 0.3 is 5.97 Å². The van der Waals surface area contributed by atoms with E-state index >= 15 is 0 Å². The van der Waals surface area contributed by atoms with Crippen molar-refractivity contribution in [1.82, 2.24) is 9.88 Å². The van der Waals surface area contributed by atoms with Crippen LogP contribution in [0, 0.1) is 11.3 Å². The number of pyridine rings is 1. The Balaban J connectivity index is 2.03. The summed E-state index contributed by atoms with van der Waals surface area (Å²) in [6.45, 7) is 1.94. The minimum absolute atomic E-state index is 0.458. The number of hydrogen-bond acceptors (Lipinski definition) is 4. The Labute approximate surface area is 146 Å². The first-order chi connectivity index (χ1) is 12.1. The summed E-state index contributed by atoms with van der Waals surface area (Å²) in [5, 5.41) is 19.3. The fraction of sp³-hybridized carbons (Fsp3) is 0.250. The monoisotopic (exact) mass is 333 g/mol. The van der Waals surface area contributed by atoms with Crippen molar-refractivity contribution in [2.24, 2.45) is 0 Å². The molecule has 2 unspecified atom stereocenters. The number of aromatic nitrogens is 1. The average molecular weight is 333 g/mol. The molecule has 0 spiro atoms. The van der Waals surface area contributed by atoms with Crippen LogP contribution in [0.15, 0.2) is 59.9 Å². The molecule has 0 fully saturated rings. The van der Waals surface area contributed by atoms with Gasteiger partial charge in [0.15, 0.2) is 0 Å². The molecule has 1 N–H and O–H groups in total. The topological polar surface area (TPSA) is 77.2 Å². The van der Waals surface area contributed by atoms with Crippen LogP contribution in [0.2, 0.25) is 0 Å². The molecule has 0 saturated carbocycles. The molecule has 5 nitrogen and oxygen atoms in total. The van der Waals surface area contributed by atoms with Gasteiger partial charge in [-0.1, -0.05) is 37.3 Å². The van der Waals surface area contributed by atoms with E-state index in [0.29, 0.717) is 12.0 Å². The third-order valence-electron chi connectivity index (χ3n) is 4.72. The van der Waals surface area contributed by atoms with E-state index in [1.54, 1.807) is 18.1 Å². The van der Waals surface area contributed by atoms with E-state index in [0.717, 1.165) is 22.5 Å². The number of nitrogens with zero attached hydrogens (tertiary/aromatic N) is 3. The maximum absolute atomic E-state index is 11.8. The van der Waals surface area contributed by atoms with Gasteiger partial charge in [-0.05, 0) is 24.1 Å². The summed E-state index contributed by atoms with van der Waals surface area (Å²) in [5.41, 5.74) is 3.99. The standard InChI is InChI=1S/C20H19N3O2/c1-3-17-15(12-21)18(19(20(24)25)23(17)2)14-9-7-13(8-10-14)16-6-4-5-11-22-16/h4-11,18-19H,3H2,1-2H3,(H,24,25). The number of carbonyl (C=O) groups is 1. The van der Waals surface area contributed by atoms with Crippen LogP contribution in [0.4, 0.5) is 0 Å². The number of hydrogen-bond donors (Lipinski definition) is 1. The zero-order chi connectivity index (χ0) is 18.0. The SMILES string of the molecule is CCC1=C(C#N)C(c2ccc(-c3ccccn3)cc2)C(C(=O)O)N1C. The van der Waals surface area contributed by atoms with E-state index in [2.05, 4.69) is 11.1 Å². The van der Waals surface area contributed by atoms with Gasteiger partial charge in [-0.25, -0.2) is 4.79 Å².